The molecule has 0 aliphatic heterocycles. The molecular weight excluding hydrogens is 491 g/mol. The van der Waals surface area contributed by atoms with E-state index in [1.54, 1.807) is 66.6 Å². The van der Waals surface area contributed by atoms with Crippen molar-refractivity contribution in [2.24, 2.45) is 0 Å². The molecule has 3 aromatic carbocycles. The second kappa shape index (κ2) is 11.5. The predicted molar refractivity (Wildman–Crippen MR) is 159 cm³/mol. The molecule has 0 bridgehead atoms. The molecule has 0 heterocycles. The first kappa shape index (κ1) is 27.0. The number of benzene rings is 3. The van der Waals surface area contributed by atoms with Gasteiger partial charge in [-0.2, -0.15) is 0 Å². The summed E-state index contributed by atoms with van der Waals surface area (Å²) in [5.74, 6) is 0. The smallest absolute Gasteiger partial charge is 0.209 e. The first-order valence-corrected chi connectivity index (χ1v) is 14.3. The van der Waals surface area contributed by atoms with Crippen LogP contribution in [-0.2, 0) is 11.8 Å². The van der Waals surface area contributed by atoms with E-state index in [1.165, 1.54) is 0 Å². The monoisotopic (exact) mass is 524 g/mol. The summed E-state index contributed by atoms with van der Waals surface area (Å²) in [6.07, 6.45) is 0. The number of hydrogen-bond donors (Lipinski definition) is 6. The van der Waals surface area contributed by atoms with Crippen molar-refractivity contribution in [1.29, 1.82) is 0 Å². The zero-order valence-corrected chi connectivity index (χ0v) is 23.1. The Morgan fingerprint density at radius 2 is 0.917 bits per heavy atom. The Bertz CT molecular complexity index is 1200. The zero-order valence-electron chi connectivity index (χ0n) is 21.4. The average molecular weight is 525 g/mol. The molecule has 0 spiro atoms. The third-order valence-corrected chi connectivity index (χ3v) is 10.3. The van der Waals surface area contributed by atoms with Crippen LogP contribution in [0.3, 0.4) is 0 Å². The molecular formula is C26H33N6O2PS. The number of rotatable bonds is 11. The van der Waals surface area contributed by atoms with Crippen molar-refractivity contribution in [3.05, 3.63) is 65.7 Å². The van der Waals surface area contributed by atoms with Crippen molar-refractivity contribution >= 4 is 68.3 Å². The van der Waals surface area contributed by atoms with E-state index in [2.05, 4.69) is 31.9 Å². The summed E-state index contributed by atoms with van der Waals surface area (Å²) in [7, 11) is 10.6. The molecule has 10 heteroatoms. The van der Waals surface area contributed by atoms with Crippen molar-refractivity contribution in [2.45, 2.75) is 0 Å². The predicted octanol–water partition coefficient (Wildman–Crippen LogP) is 4.72. The SMILES string of the molecule is CNc1cc(NC)c(C(=O)P(=S)(C(=O)c2c(NC)cc(NC)cc2NC)c2ccccc2)c(NC)c1. The van der Waals surface area contributed by atoms with Gasteiger partial charge in [0.2, 0.25) is 11.0 Å². The fourth-order valence-electron chi connectivity index (χ4n) is 4.10. The molecule has 0 aliphatic carbocycles. The van der Waals surface area contributed by atoms with E-state index in [9.17, 15) is 9.59 Å². The standard InChI is InChI=1S/C26H33N6O2PS/c1-27-16-12-19(29-3)23(20(13-16)30-4)25(33)35(36,18-10-8-7-9-11-18)26(34)24-21(31-5)14-17(28-2)15-22(24)32-6/h7-15,27-32H,1-6H3. The Balaban J connectivity index is 2.37. The molecule has 36 heavy (non-hydrogen) atoms. The Hall–Kier alpha value is -3.55. The molecule has 8 nitrogen and oxygen atoms in total. The van der Waals surface area contributed by atoms with Gasteiger partial charge in [-0.3, -0.25) is 9.59 Å². The largest absolute Gasteiger partial charge is 0.388 e. The lowest BCUT2D eigenvalue weighted by molar-refractivity contribution is 0.105. The number of hydrogen-bond acceptors (Lipinski definition) is 9. The minimum atomic E-state index is -3.55. The molecule has 6 N–H and O–H groups in total. The lowest BCUT2D eigenvalue weighted by Gasteiger charge is -2.26. The number of anilines is 6. The molecule has 0 fully saturated rings. The highest BCUT2D eigenvalue weighted by atomic mass is 32.4. The zero-order chi connectivity index (χ0) is 26.5. The lowest BCUT2D eigenvalue weighted by Crippen LogP contribution is -2.23. The summed E-state index contributed by atoms with van der Waals surface area (Å²) < 4.78 is 0. The molecule has 0 atom stereocenters. The van der Waals surface area contributed by atoms with Crippen LogP contribution in [-0.4, -0.2) is 53.3 Å². The van der Waals surface area contributed by atoms with Crippen LogP contribution in [0.2, 0.25) is 0 Å². The molecule has 0 amide bonds. The van der Waals surface area contributed by atoms with E-state index in [0.29, 0.717) is 39.2 Å². The molecule has 0 unspecified atom stereocenters. The highest BCUT2D eigenvalue weighted by Crippen LogP contribution is 2.55. The van der Waals surface area contributed by atoms with Crippen LogP contribution in [0.15, 0.2) is 54.6 Å². The Morgan fingerprint density at radius 1 is 0.583 bits per heavy atom. The topological polar surface area (TPSA) is 106 Å². The van der Waals surface area contributed by atoms with Crippen LogP contribution in [0.1, 0.15) is 20.7 Å². The molecule has 3 aromatic rings. The third kappa shape index (κ3) is 4.76. The van der Waals surface area contributed by atoms with Gasteiger partial charge in [-0.25, -0.2) is 0 Å². The van der Waals surface area contributed by atoms with Crippen molar-refractivity contribution in [2.75, 3.05) is 74.2 Å². The Labute approximate surface area is 217 Å². The number of nitrogens with one attached hydrogen (secondary N) is 6. The summed E-state index contributed by atoms with van der Waals surface area (Å²) in [6, 6.07) is 12.8. The van der Waals surface area contributed by atoms with Gasteiger partial charge in [-0.1, -0.05) is 42.1 Å². The summed E-state index contributed by atoms with van der Waals surface area (Å²) in [5.41, 5.74) is 3.94. The van der Waals surface area contributed by atoms with Gasteiger partial charge in [0.25, 0.3) is 0 Å². The van der Waals surface area contributed by atoms with Crippen molar-refractivity contribution in [3.8, 4) is 0 Å². The van der Waals surface area contributed by atoms with Crippen LogP contribution in [0.4, 0.5) is 34.1 Å². The summed E-state index contributed by atoms with van der Waals surface area (Å²) >= 11 is 6.20. The molecule has 190 valence electrons. The van der Waals surface area contributed by atoms with E-state index in [0.717, 1.165) is 11.4 Å². The van der Waals surface area contributed by atoms with E-state index >= 15 is 0 Å². The second-order valence-corrected chi connectivity index (χ2v) is 12.1. The van der Waals surface area contributed by atoms with E-state index in [1.807, 2.05) is 30.3 Å². The maximum atomic E-state index is 14.5. The number of carbonyl (C=O) groups excluding carboxylic acids is 2. The van der Waals surface area contributed by atoms with E-state index < -0.39 is 6.04 Å². The lowest BCUT2D eigenvalue weighted by atomic mass is 10.1. The van der Waals surface area contributed by atoms with Gasteiger partial charge in [-0.15, -0.1) is 0 Å². The third-order valence-electron chi connectivity index (χ3n) is 6.05. The fourth-order valence-corrected chi connectivity index (χ4v) is 7.37. The molecule has 0 aliphatic rings. The molecule has 0 radical (unpaired) electrons. The molecule has 3 rings (SSSR count). The van der Waals surface area contributed by atoms with Gasteiger partial charge in [0.05, 0.1) is 11.1 Å². The Kier molecular flexibility index (Phi) is 8.61. The molecule has 0 saturated carbocycles. The fraction of sp³-hybridized carbons (Fsp3) is 0.231. The van der Waals surface area contributed by atoms with E-state index in [-0.39, 0.29) is 11.0 Å². The minimum Gasteiger partial charge on any atom is -0.388 e. The summed E-state index contributed by atoms with van der Waals surface area (Å²) in [6.45, 7) is 0. The van der Waals surface area contributed by atoms with Crippen LogP contribution >= 0.6 is 6.04 Å². The summed E-state index contributed by atoms with van der Waals surface area (Å²) in [5, 5.41) is 19.2. The first-order chi connectivity index (χ1) is 17.3. The summed E-state index contributed by atoms with van der Waals surface area (Å²) in [4.78, 5) is 29.1. The van der Waals surface area contributed by atoms with Gasteiger partial charge in [0.1, 0.15) is 6.04 Å². The Morgan fingerprint density at radius 3 is 1.19 bits per heavy atom. The highest BCUT2D eigenvalue weighted by molar-refractivity contribution is 8.34. The quantitative estimate of drug-likeness (QED) is 0.199. The van der Waals surface area contributed by atoms with Gasteiger partial charge in [-0.05, 0) is 29.6 Å². The van der Waals surface area contributed by atoms with Crippen LogP contribution in [0.25, 0.3) is 0 Å². The average Bonchev–Trinajstić information content (AvgIpc) is 2.94. The van der Waals surface area contributed by atoms with E-state index in [4.69, 9.17) is 11.8 Å². The molecule has 0 saturated heterocycles. The minimum absolute atomic E-state index is 0.364. The maximum Gasteiger partial charge on any atom is 0.209 e. The van der Waals surface area contributed by atoms with Gasteiger partial charge in [0.15, 0.2) is 0 Å². The van der Waals surface area contributed by atoms with Crippen LogP contribution < -0.4 is 37.2 Å². The highest BCUT2D eigenvalue weighted by Gasteiger charge is 2.41. The van der Waals surface area contributed by atoms with Gasteiger partial charge >= 0.3 is 0 Å². The van der Waals surface area contributed by atoms with Crippen molar-refractivity contribution in [3.63, 3.8) is 0 Å². The second-order valence-electron chi connectivity index (χ2n) is 7.95. The van der Waals surface area contributed by atoms with Crippen molar-refractivity contribution < 1.29 is 9.59 Å². The van der Waals surface area contributed by atoms with Crippen LogP contribution in [0, 0.1) is 0 Å². The van der Waals surface area contributed by atoms with Crippen molar-refractivity contribution in [1.82, 2.24) is 0 Å². The maximum absolute atomic E-state index is 14.5. The normalized spacial score (nSPS) is 10.8. The van der Waals surface area contributed by atoms with Gasteiger partial charge in [0, 0.05) is 76.4 Å². The first-order valence-electron chi connectivity index (χ1n) is 11.5. The molecule has 0 aromatic heterocycles. The van der Waals surface area contributed by atoms with Gasteiger partial charge < -0.3 is 31.9 Å². The number of carbonyl (C=O) groups is 2. The van der Waals surface area contributed by atoms with Crippen LogP contribution in [0.5, 0.6) is 0 Å².